The molecule has 0 atom stereocenters. The molecule has 6 aromatic rings. The molecule has 0 amide bonds. The van der Waals surface area contributed by atoms with E-state index in [9.17, 15) is 4.79 Å². The van der Waals surface area contributed by atoms with Crippen LogP contribution in [0.5, 0.6) is 0 Å². The monoisotopic (exact) mass is 473 g/mol. The molecule has 0 fully saturated rings. The van der Waals surface area contributed by atoms with Gasteiger partial charge in [0, 0.05) is 27.8 Å². The van der Waals surface area contributed by atoms with Crippen molar-refractivity contribution in [3.8, 4) is 27.9 Å². The second kappa shape index (κ2) is 6.51. The summed E-state index contributed by atoms with van der Waals surface area (Å²) in [4.78, 5) is 16.6. The summed E-state index contributed by atoms with van der Waals surface area (Å²) in [5.74, 6) is 0. The Morgan fingerprint density at radius 3 is 2.30 bits per heavy atom. The smallest absolute Gasteiger partial charge is 0.310 e. The highest BCUT2D eigenvalue weighted by molar-refractivity contribution is 6.88. The molecule has 0 N–H and O–H groups in total. The predicted octanol–water partition coefficient (Wildman–Crippen LogP) is 5.50. The number of benzene rings is 5. The molecule has 37 heavy (non-hydrogen) atoms. The van der Waals surface area contributed by atoms with E-state index in [4.69, 9.17) is 0 Å². The van der Waals surface area contributed by atoms with Crippen LogP contribution in [0.3, 0.4) is 0 Å². The number of para-hydroxylation sites is 1. The Labute approximate surface area is 213 Å². The van der Waals surface area contributed by atoms with Crippen molar-refractivity contribution in [2.24, 2.45) is 0 Å². The molecule has 0 unspecified atom stereocenters. The molecule has 3 aliphatic rings. The zero-order valence-electron chi connectivity index (χ0n) is 20.1. The Balaban J connectivity index is 1.45. The third kappa shape index (κ3) is 2.16. The fourth-order valence-electron chi connectivity index (χ4n) is 7.04. The van der Waals surface area contributed by atoms with Crippen LogP contribution in [0.1, 0.15) is 5.69 Å². The Morgan fingerprint density at radius 1 is 0.676 bits per heavy atom. The molecule has 172 valence electrons. The lowest BCUT2D eigenvalue weighted by Crippen LogP contribution is -2.55. The van der Waals surface area contributed by atoms with Crippen molar-refractivity contribution in [2.45, 2.75) is 6.92 Å². The lowest BCUT2D eigenvalue weighted by atomic mass is 9.48. The number of hydrogen-bond donors (Lipinski definition) is 0. The number of fused-ring (bicyclic) bond motifs is 8. The fourth-order valence-corrected chi connectivity index (χ4v) is 7.04. The van der Waals surface area contributed by atoms with Crippen molar-refractivity contribution >= 4 is 45.6 Å². The normalized spacial score (nSPS) is 13.5. The average molecular weight is 473 g/mol. The molecule has 0 spiro atoms. The van der Waals surface area contributed by atoms with E-state index in [0.717, 1.165) is 33.7 Å². The standard InChI is InChI=1S/C32H20BN3O/c1-19-28(20-9-3-2-4-10-20)32(37)36-33-24-14-5-6-15-25(24)34-26-16-8-12-21-11-7-13-22(29(21)26)23-17-18-27(35(19)36)30(33)31(23)34/h2-18H,1H3. The Kier molecular flexibility index (Phi) is 3.42. The topological polar surface area (TPSA) is 30.2 Å². The van der Waals surface area contributed by atoms with Gasteiger partial charge in [-0.25, -0.2) is 0 Å². The highest BCUT2D eigenvalue weighted by Crippen LogP contribution is 2.52. The van der Waals surface area contributed by atoms with Gasteiger partial charge in [0.25, 0.3) is 5.56 Å². The van der Waals surface area contributed by atoms with Crippen molar-refractivity contribution < 1.29 is 0 Å². The molecule has 5 heteroatoms. The highest BCUT2D eigenvalue weighted by Gasteiger charge is 2.47. The predicted molar refractivity (Wildman–Crippen MR) is 152 cm³/mol. The molecule has 0 saturated heterocycles. The third-order valence-corrected chi connectivity index (χ3v) is 8.43. The number of anilines is 3. The van der Waals surface area contributed by atoms with Gasteiger partial charge in [-0.3, -0.25) is 14.1 Å². The maximum absolute atomic E-state index is 14.2. The lowest BCUT2D eigenvalue weighted by Gasteiger charge is -2.40. The van der Waals surface area contributed by atoms with Gasteiger partial charge in [0.2, 0.25) is 0 Å². The van der Waals surface area contributed by atoms with Crippen molar-refractivity contribution in [1.82, 2.24) is 9.27 Å². The van der Waals surface area contributed by atoms with E-state index in [-0.39, 0.29) is 12.4 Å². The van der Waals surface area contributed by atoms with Crippen LogP contribution in [0.15, 0.2) is 108 Å². The van der Waals surface area contributed by atoms with E-state index in [2.05, 4.69) is 89.3 Å². The molecule has 0 saturated carbocycles. The summed E-state index contributed by atoms with van der Waals surface area (Å²) in [6.07, 6.45) is 0. The maximum Gasteiger partial charge on any atom is 0.357 e. The summed E-state index contributed by atoms with van der Waals surface area (Å²) in [5, 5.41) is 2.52. The molecule has 0 radical (unpaired) electrons. The first kappa shape index (κ1) is 19.4. The molecule has 1 aromatic heterocycles. The minimum Gasteiger partial charge on any atom is -0.310 e. The fraction of sp³-hybridized carbons (Fsp3) is 0.0312. The van der Waals surface area contributed by atoms with Crippen LogP contribution < -0.4 is 21.4 Å². The SMILES string of the molecule is Cc1c(-c2ccccc2)c(=O)n2n1-c1ccc3c4c1B2c1ccccc1N4c1cccc2cccc-3c12. The Bertz CT molecular complexity index is 2030. The minimum absolute atomic E-state index is 0.0558. The van der Waals surface area contributed by atoms with Gasteiger partial charge in [-0.2, -0.15) is 0 Å². The van der Waals surface area contributed by atoms with Crippen molar-refractivity contribution in [3.63, 3.8) is 0 Å². The zero-order valence-corrected chi connectivity index (χ0v) is 20.1. The average Bonchev–Trinajstić information content (AvgIpc) is 3.42. The number of nitrogens with zero attached hydrogens (tertiary/aromatic N) is 3. The summed E-state index contributed by atoms with van der Waals surface area (Å²) >= 11 is 0. The molecule has 4 nitrogen and oxygen atoms in total. The summed E-state index contributed by atoms with van der Waals surface area (Å²) < 4.78 is 4.15. The molecule has 5 aromatic carbocycles. The van der Waals surface area contributed by atoms with E-state index in [1.807, 2.05) is 34.9 Å². The summed E-state index contributed by atoms with van der Waals surface area (Å²) in [6, 6.07) is 36.2. The van der Waals surface area contributed by atoms with E-state index >= 15 is 0 Å². The van der Waals surface area contributed by atoms with E-state index < -0.39 is 0 Å². The molecule has 9 rings (SSSR count). The molecule has 4 heterocycles. The van der Waals surface area contributed by atoms with Crippen LogP contribution in [0.4, 0.5) is 17.1 Å². The van der Waals surface area contributed by atoms with Crippen LogP contribution in [0.2, 0.25) is 0 Å². The van der Waals surface area contributed by atoms with Gasteiger partial charge >= 0.3 is 6.85 Å². The van der Waals surface area contributed by atoms with Gasteiger partial charge in [0.05, 0.1) is 22.6 Å². The first-order valence-electron chi connectivity index (χ1n) is 12.7. The first-order valence-corrected chi connectivity index (χ1v) is 12.7. The van der Waals surface area contributed by atoms with E-state index in [1.165, 1.54) is 38.7 Å². The highest BCUT2D eigenvalue weighted by atomic mass is 16.1. The summed E-state index contributed by atoms with van der Waals surface area (Å²) in [6.45, 7) is 1.90. The van der Waals surface area contributed by atoms with Gasteiger partial charge in [-0.15, -0.1) is 0 Å². The van der Waals surface area contributed by atoms with Crippen LogP contribution in [-0.4, -0.2) is 16.1 Å². The van der Waals surface area contributed by atoms with Gasteiger partial charge in [0.1, 0.15) is 0 Å². The van der Waals surface area contributed by atoms with Gasteiger partial charge in [-0.05, 0) is 47.1 Å². The summed E-state index contributed by atoms with van der Waals surface area (Å²) in [5.41, 5.74) is 12.2. The first-order chi connectivity index (χ1) is 18.2. The van der Waals surface area contributed by atoms with Crippen LogP contribution in [-0.2, 0) is 0 Å². The van der Waals surface area contributed by atoms with Crippen LogP contribution >= 0.6 is 0 Å². The number of rotatable bonds is 1. The minimum atomic E-state index is -0.175. The van der Waals surface area contributed by atoms with Gasteiger partial charge < -0.3 is 4.90 Å². The van der Waals surface area contributed by atoms with Crippen molar-refractivity contribution in [1.29, 1.82) is 0 Å². The van der Waals surface area contributed by atoms with Crippen LogP contribution in [0, 0.1) is 6.92 Å². The van der Waals surface area contributed by atoms with Crippen LogP contribution in [0.25, 0.3) is 38.7 Å². The maximum atomic E-state index is 14.2. The second-order valence-corrected chi connectivity index (χ2v) is 10.2. The number of hydrogen-bond acceptors (Lipinski definition) is 2. The van der Waals surface area contributed by atoms with Gasteiger partial charge in [-0.1, -0.05) is 84.9 Å². The molecular weight excluding hydrogens is 453 g/mol. The largest absolute Gasteiger partial charge is 0.357 e. The van der Waals surface area contributed by atoms with Gasteiger partial charge in [0.15, 0.2) is 0 Å². The number of aromatic nitrogens is 2. The second-order valence-electron chi connectivity index (χ2n) is 10.2. The van der Waals surface area contributed by atoms with E-state index in [0.29, 0.717) is 0 Å². The van der Waals surface area contributed by atoms with Crippen molar-refractivity contribution in [2.75, 3.05) is 4.90 Å². The Morgan fingerprint density at radius 2 is 1.43 bits per heavy atom. The van der Waals surface area contributed by atoms with E-state index in [1.54, 1.807) is 0 Å². The molecule has 0 aliphatic carbocycles. The molecule has 3 aliphatic heterocycles. The lowest BCUT2D eigenvalue weighted by molar-refractivity contribution is 0.784. The van der Waals surface area contributed by atoms with Crippen molar-refractivity contribution in [3.05, 3.63) is 119 Å². The molecule has 0 bridgehead atoms. The summed E-state index contributed by atoms with van der Waals surface area (Å²) in [7, 11) is 0. The quantitative estimate of drug-likeness (QED) is 0.295. The zero-order chi connectivity index (χ0) is 24.4. The molecular formula is C32H20BN3O. The Hall–Kier alpha value is -4.77. The third-order valence-electron chi connectivity index (χ3n) is 8.43.